The number of nitriles is 1. The maximum Gasteiger partial charge on any atom is 0.0655 e. The van der Waals surface area contributed by atoms with E-state index < -0.39 is 0 Å². The Kier molecular flexibility index (Phi) is 3.60. The molecule has 11 heavy (non-hydrogen) atoms. The molecule has 0 heterocycles. The minimum atomic E-state index is 0.336. The van der Waals surface area contributed by atoms with Gasteiger partial charge in [-0.15, -0.1) is 0 Å². The monoisotopic (exact) mass is 264 g/mol. The van der Waals surface area contributed by atoms with Crippen LogP contribution in [0.25, 0.3) is 0 Å². The third kappa shape index (κ3) is 2.60. The fourth-order valence-corrected chi connectivity index (χ4v) is 2.12. The Morgan fingerprint density at radius 3 is 2.27 bits per heavy atom. The zero-order chi connectivity index (χ0) is 8.27. The molecule has 1 saturated carbocycles. The van der Waals surface area contributed by atoms with E-state index in [0.717, 1.165) is 12.8 Å². The molecule has 1 aliphatic carbocycles. The zero-order valence-electron chi connectivity index (χ0n) is 6.76. The Bertz CT molecular complexity index is 154. The summed E-state index contributed by atoms with van der Waals surface area (Å²) < 4.78 is 2.24. The van der Waals surface area contributed by atoms with Gasteiger partial charge in [0.05, 0.1) is 6.07 Å². The van der Waals surface area contributed by atoms with E-state index >= 15 is 0 Å². The van der Waals surface area contributed by atoms with Crippen LogP contribution < -0.4 is 0 Å². The maximum absolute atomic E-state index is 8.65. The van der Waals surface area contributed by atoms with Gasteiger partial charge in [0.15, 0.2) is 0 Å². The van der Waals surface area contributed by atoms with Gasteiger partial charge in [0.2, 0.25) is 0 Å². The normalized spacial score (nSPS) is 31.8. The van der Waals surface area contributed by atoms with Crippen molar-refractivity contribution in [1.29, 1.82) is 5.26 Å². The van der Waals surface area contributed by atoms with Gasteiger partial charge in [0.25, 0.3) is 0 Å². The van der Waals surface area contributed by atoms with Crippen LogP contribution in [0.15, 0.2) is 0 Å². The van der Waals surface area contributed by atoms with Crippen LogP contribution in [0.3, 0.4) is 0 Å². The predicted molar refractivity (Wildman–Crippen MR) is 53.1 cm³/mol. The second-order valence-corrected chi connectivity index (χ2v) is 4.68. The molecule has 1 fully saturated rings. The molecule has 3 heteroatoms. The summed E-state index contributed by atoms with van der Waals surface area (Å²) in [6.07, 6.45) is 4.57. The Labute approximate surface area is 82.1 Å². The van der Waals surface area contributed by atoms with Crippen molar-refractivity contribution in [2.24, 2.45) is 5.92 Å². The molecule has 0 atom stereocenters. The second kappa shape index (κ2) is 4.27. The van der Waals surface area contributed by atoms with Gasteiger partial charge in [-0.2, -0.15) is 5.26 Å². The van der Waals surface area contributed by atoms with Gasteiger partial charge in [0.1, 0.15) is 0 Å². The molecule has 62 valence electrons. The highest BCUT2D eigenvalue weighted by molar-refractivity contribution is 14.1. The predicted octanol–water partition coefficient (Wildman–Crippen LogP) is 2.35. The van der Waals surface area contributed by atoms with Crippen LogP contribution in [0.4, 0.5) is 0 Å². The molecule has 0 saturated heterocycles. The van der Waals surface area contributed by atoms with Gasteiger partial charge in [-0.3, -0.25) is 0 Å². The lowest BCUT2D eigenvalue weighted by Crippen LogP contribution is -2.27. The summed E-state index contributed by atoms with van der Waals surface area (Å²) in [5, 5.41) is 8.65. The van der Waals surface area contributed by atoms with E-state index in [9.17, 15) is 0 Å². The molecule has 0 aromatic carbocycles. The lowest BCUT2D eigenvalue weighted by molar-refractivity contribution is 0.291. The third-order valence-corrected chi connectivity index (χ3v) is 3.17. The molecule has 0 aliphatic heterocycles. The van der Waals surface area contributed by atoms with E-state index in [1.54, 1.807) is 0 Å². The van der Waals surface area contributed by atoms with E-state index in [0.29, 0.717) is 12.0 Å². The number of nitrogens with zero attached hydrogens (tertiary/aromatic N) is 2. The van der Waals surface area contributed by atoms with Crippen molar-refractivity contribution < 1.29 is 0 Å². The zero-order valence-corrected chi connectivity index (χ0v) is 8.91. The SMILES string of the molecule is CN(I)C1CCC(C#N)CC1. The average Bonchev–Trinajstić information content (AvgIpc) is 2.05. The fraction of sp³-hybridized carbons (Fsp3) is 0.875. The molecule has 1 aliphatic rings. The van der Waals surface area contributed by atoms with Gasteiger partial charge in [0, 0.05) is 34.8 Å². The second-order valence-electron chi connectivity index (χ2n) is 3.16. The number of rotatable bonds is 1. The van der Waals surface area contributed by atoms with Gasteiger partial charge in [-0.1, -0.05) is 0 Å². The summed E-state index contributed by atoms with van der Waals surface area (Å²) in [6.45, 7) is 0. The number of hydrogen-bond donors (Lipinski definition) is 0. The number of hydrogen-bond acceptors (Lipinski definition) is 2. The van der Waals surface area contributed by atoms with Crippen LogP contribution in [0.1, 0.15) is 25.7 Å². The van der Waals surface area contributed by atoms with Crippen LogP contribution in [-0.2, 0) is 0 Å². The Balaban J connectivity index is 2.31. The molecule has 2 nitrogen and oxygen atoms in total. The summed E-state index contributed by atoms with van der Waals surface area (Å²) in [4.78, 5) is 0. The van der Waals surface area contributed by atoms with E-state index in [2.05, 4.69) is 39.1 Å². The lowest BCUT2D eigenvalue weighted by atomic mass is 9.87. The summed E-state index contributed by atoms with van der Waals surface area (Å²) >= 11 is 2.33. The first-order chi connectivity index (χ1) is 5.24. The van der Waals surface area contributed by atoms with Crippen molar-refractivity contribution in [3.63, 3.8) is 0 Å². The Morgan fingerprint density at radius 1 is 1.36 bits per heavy atom. The van der Waals surface area contributed by atoms with Crippen LogP contribution >= 0.6 is 22.9 Å². The fourth-order valence-electron chi connectivity index (χ4n) is 1.56. The minimum absolute atomic E-state index is 0.336. The molecule has 1 rings (SSSR count). The van der Waals surface area contributed by atoms with Crippen molar-refractivity contribution in [1.82, 2.24) is 3.11 Å². The molecular formula is C8H13IN2. The minimum Gasteiger partial charge on any atom is -0.248 e. The van der Waals surface area contributed by atoms with Crippen LogP contribution in [0.2, 0.25) is 0 Å². The highest BCUT2D eigenvalue weighted by atomic mass is 127. The molecule has 0 amide bonds. The van der Waals surface area contributed by atoms with Crippen molar-refractivity contribution >= 4 is 22.9 Å². The standard InChI is InChI=1S/C8H13IN2/c1-11(9)8-4-2-7(6-10)3-5-8/h7-8H,2-5H2,1H3. The lowest BCUT2D eigenvalue weighted by Gasteiger charge is -2.28. The summed E-state index contributed by atoms with van der Waals surface area (Å²) in [5.74, 6) is 0.336. The maximum atomic E-state index is 8.65. The van der Waals surface area contributed by atoms with Gasteiger partial charge < -0.3 is 0 Å². The van der Waals surface area contributed by atoms with Crippen molar-refractivity contribution in [2.75, 3.05) is 7.05 Å². The third-order valence-electron chi connectivity index (χ3n) is 2.38. The van der Waals surface area contributed by atoms with Gasteiger partial charge in [-0.25, -0.2) is 3.11 Å². The van der Waals surface area contributed by atoms with E-state index in [1.807, 2.05) is 0 Å². The summed E-state index contributed by atoms with van der Waals surface area (Å²) in [6, 6.07) is 3.05. The molecule has 0 aromatic heterocycles. The molecule has 0 N–H and O–H groups in total. The Hall–Kier alpha value is 0.180. The van der Waals surface area contributed by atoms with E-state index in [-0.39, 0.29) is 0 Å². The molecule has 0 unspecified atom stereocenters. The summed E-state index contributed by atoms with van der Waals surface area (Å²) in [7, 11) is 2.11. The molecule has 0 radical (unpaired) electrons. The molecular weight excluding hydrogens is 251 g/mol. The average molecular weight is 264 g/mol. The van der Waals surface area contributed by atoms with Crippen LogP contribution in [0.5, 0.6) is 0 Å². The largest absolute Gasteiger partial charge is 0.248 e. The number of halogens is 1. The quantitative estimate of drug-likeness (QED) is 0.537. The first kappa shape index (κ1) is 9.27. The van der Waals surface area contributed by atoms with Gasteiger partial charge >= 0.3 is 0 Å². The summed E-state index contributed by atoms with van der Waals surface area (Å²) in [5.41, 5.74) is 0. The van der Waals surface area contributed by atoms with Crippen molar-refractivity contribution in [2.45, 2.75) is 31.7 Å². The molecule has 0 spiro atoms. The Morgan fingerprint density at radius 2 is 1.91 bits per heavy atom. The highest BCUT2D eigenvalue weighted by Crippen LogP contribution is 2.27. The van der Waals surface area contributed by atoms with Crippen LogP contribution in [-0.4, -0.2) is 16.2 Å². The molecule has 0 bridgehead atoms. The first-order valence-corrected chi connectivity index (χ1v) is 4.98. The topological polar surface area (TPSA) is 27.0 Å². The van der Waals surface area contributed by atoms with Gasteiger partial charge in [-0.05, 0) is 32.7 Å². The van der Waals surface area contributed by atoms with Crippen molar-refractivity contribution in [3.05, 3.63) is 0 Å². The van der Waals surface area contributed by atoms with Crippen molar-refractivity contribution in [3.8, 4) is 6.07 Å². The highest BCUT2D eigenvalue weighted by Gasteiger charge is 2.22. The van der Waals surface area contributed by atoms with E-state index in [1.165, 1.54) is 12.8 Å². The first-order valence-electron chi connectivity index (χ1n) is 4.02. The molecule has 0 aromatic rings. The van der Waals surface area contributed by atoms with Crippen LogP contribution in [0, 0.1) is 17.2 Å². The van der Waals surface area contributed by atoms with E-state index in [4.69, 9.17) is 5.26 Å². The smallest absolute Gasteiger partial charge is 0.0655 e.